The molecule has 0 saturated carbocycles. The van der Waals surface area contributed by atoms with Crippen LogP contribution in [0.2, 0.25) is 0 Å². The summed E-state index contributed by atoms with van der Waals surface area (Å²) < 4.78 is 0. The molecule has 11 heavy (non-hydrogen) atoms. The van der Waals surface area contributed by atoms with Crippen LogP contribution in [0.1, 0.15) is 11.4 Å². The first-order valence-electron chi connectivity index (χ1n) is 2.84. The van der Waals surface area contributed by atoms with E-state index in [4.69, 9.17) is 16.3 Å². The first kappa shape index (κ1) is 7.04. The van der Waals surface area contributed by atoms with Crippen LogP contribution < -0.4 is 5.73 Å². The second-order valence-electron chi connectivity index (χ2n) is 1.89. The number of nitrogens with zero attached hydrogens (tertiary/aromatic N) is 3. The second kappa shape index (κ2) is 2.68. The highest BCUT2D eigenvalue weighted by atomic mass is 14.7. The van der Waals surface area contributed by atoms with Crippen molar-refractivity contribution in [1.82, 2.24) is 4.98 Å². The molecule has 1 aromatic rings. The van der Waals surface area contributed by atoms with Crippen LogP contribution in [-0.2, 0) is 0 Å². The minimum Gasteiger partial charge on any atom is -0.399 e. The SMILES string of the molecule is N#Cc1cc(N)cc(C#N)n1. The fourth-order valence-electron chi connectivity index (χ4n) is 0.666. The fourth-order valence-corrected chi connectivity index (χ4v) is 0.666. The molecular formula is C7H4N4. The van der Waals surface area contributed by atoms with E-state index in [1.54, 1.807) is 12.1 Å². The van der Waals surface area contributed by atoms with Gasteiger partial charge in [0.25, 0.3) is 0 Å². The van der Waals surface area contributed by atoms with Gasteiger partial charge in [0.15, 0.2) is 0 Å². The van der Waals surface area contributed by atoms with Gasteiger partial charge in [0.1, 0.15) is 23.5 Å². The van der Waals surface area contributed by atoms with E-state index in [1.807, 2.05) is 0 Å². The van der Waals surface area contributed by atoms with Gasteiger partial charge in [-0.3, -0.25) is 0 Å². The lowest BCUT2D eigenvalue weighted by Crippen LogP contribution is -1.92. The molecule has 4 heteroatoms. The molecule has 0 bridgehead atoms. The number of anilines is 1. The molecule has 1 aromatic heterocycles. The number of hydrogen-bond donors (Lipinski definition) is 1. The third-order valence-corrected chi connectivity index (χ3v) is 1.08. The van der Waals surface area contributed by atoms with Gasteiger partial charge in [-0.15, -0.1) is 0 Å². The summed E-state index contributed by atoms with van der Waals surface area (Å²) in [5, 5.41) is 16.8. The predicted molar refractivity (Wildman–Crippen MR) is 38.1 cm³/mol. The number of pyridine rings is 1. The Bertz CT molecular complexity index is 323. The molecule has 0 fully saturated rings. The number of hydrogen-bond acceptors (Lipinski definition) is 4. The Morgan fingerprint density at radius 3 is 2.00 bits per heavy atom. The Morgan fingerprint density at radius 1 is 1.18 bits per heavy atom. The lowest BCUT2D eigenvalue weighted by atomic mass is 10.3. The zero-order valence-electron chi connectivity index (χ0n) is 5.57. The molecule has 0 radical (unpaired) electrons. The molecule has 2 N–H and O–H groups in total. The van der Waals surface area contributed by atoms with Gasteiger partial charge >= 0.3 is 0 Å². The first-order chi connectivity index (χ1) is 5.26. The van der Waals surface area contributed by atoms with Gasteiger partial charge in [0.2, 0.25) is 0 Å². The number of nitrogens with two attached hydrogens (primary N) is 1. The van der Waals surface area contributed by atoms with E-state index >= 15 is 0 Å². The van der Waals surface area contributed by atoms with Gasteiger partial charge in [0, 0.05) is 5.69 Å². The third kappa shape index (κ3) is 1.44. The summed E-state index contributed by atoms with van der Waals surface area (Å²) >= 11 is 0. The van der Waals surface area contributed by atoms with Gasteiger partial charge in [-0.25, -0.2) is 4.98 Å². The average molecular weight is 144 g/mol. The molecule has 0 spiro atoms. The van der Waals surface area contributed by atoms with Crippen molar-refractivity contribution < 1.29 is 0 Å². The normalized spacial score (nSPS) is 8.18. The maximum Gasteiger partial charge on any atom is 0.144 e. The summed E-state index contributed by atoms with van der Waals surface area (Å²) in [5.41, 5.74) is 6.09. The molecule has 1 rings (SSSR count). The number of nitriles is 2. The molecular weight excluding hydrogens is 140 g/mol. The monoisotopic (exact) mass is 144 g/mol. The lowest BCUT2D eigenvalue weighted by Gasteiger charge is -1.92. The Balaban J connectivity index is 3.28. The standard InChI is InChI=1S/C7H4N4/c8-3-6-1-5(10)2-7(4-9)11-6/h1-2H,(H2,10,11). The Hall–Kier alpha value is -2.07. The van der Waals surface area contributed by atoms with Crippen molar-refractivity contribution in [3.8, 4) is 12.1 Å². The van der Waals surface area contributed by atoms with Crippen molar-refractivity contribution in [3.05, 3.63) is 23.5 Å². The number of rotatable bonds is 0. The largest absolute Gasteiger partial charge is 0.399 e. The quantitative estimate of drug-likeness (QED) is 0.571. The van der Waals surface area contributed by atoms with Crippen molar-refractivity contribution in [2.75, 3.05) is 5.73 Å². The highest BCUT2D eigenvalue weighted by Gasteiger charge is 1.97. The topological polar surface area (TPSA) is 86.5 Å². The number of aromatic nitrogens is 1. The predicted octanol–water partition coefficient (Wildman–Crippen LogP) is 0.407. The Morgan fingerprint density at radius 2 is 1.64 bits per heavy atom. The molecule has 0 unspecified atom stereocenters. The molecule has 4 nitrogen and oxygen atoms in total. The van der Waals surface area contributed by atoms with E-state index < -0.39 is 0 Å². The second-order valence-corrected chi connectivity index (χ2v) is 1.89. The van der Waals surface area contributed by atoms with E-state index in [-0.39, 0.29) is 11.4 Å². The van der Waals surface area contributed by atoms with E-state index in [1.165, 1.54) is 12.1 Å². The third-order valence-electron chi connectivity index (χ3n) is 1.08. The number of nitrogen functional groups attached to an aromatic ring is 1. The molecule has 1 heterocycles. The van der Waals surface area contributed by atoms with Crippen molar-refractivity contribution in [3.63, 3.8) is 0 Å². The van der Waals surface area contributed by atoms with Gasteiger partial charge < -0.3 is 5.73 Å². The van der Waals surface area contributed by atoms with E-state index in [2.05, 4.69) is 4.98 Å². The summed E-state index contributed by atoms with van der Waals surface area (Å²) in [6, 6.07) is 6.44. The fraction of sp³-hybridized carbons (Fsp3) is 0. The minimum absolute atomic E-state index is 0.168. The van der Waals surface area contributed by atoms with Gasteiger partial charge in [0.05, 0.1) is 0 Å². The van der Waals surface area contributed by atoms with Crippen LogP contribution in [0.4, 0.5) is 5.69 Å². The summed E-state index contributed by atoms with van der Waals surface area (Å²) in [7, 11) is 0. The van der Waals surface area contributed by atoms with Gasteiger partial charge in [-0.1, -0.05) is 0 Å². The van der Waals surface area contributed by atoms with Gasteiger partial charge in [-0.05, 0) is 12.1 Å². The summed E-state index contributed by atoms with van der Waals surface area (Å²) in [4.78, 5) is 3.67. The summed E-state index contributed by atoms with van der Waals surface area (Å²) in [5.74, 6) is 0. The smallest absolute Gasteiger partial charge is 0.144 e. The van der Waals surface area contributed by atoms with Gasteiger partial charge in [-0.2, -0.15) is 10.5 Å². The zero-order chi connectivity index (χ0) is 8.27. The van der Waals surface area contributed by atoms with Crippen molar-refractivity contribution in [2.24, 2.45) is 0 Å². The Labute approximate surface area is 63.5 Å². The van der Waals surface area contributed by atoms with Crippen molar-refractivity contribution in [2.45, 2.75) is 0 Å². The van der Waals surface area contributed by atoms with Crippen LogP contribution in [0.25, 0.3) is 0 Å². The minimum atomic E-state index is 0.168. The zero-order valence-corrected chi connectivity index (χ0v) is 5.57. The summed E-state index contributed by atoms with van der Waals surface area (Å²) in [6.45, 7) is 0. The molecule has 0 saturated heterocycles. The van der Waals surface area contributed by atoms with E-state index in [9.17, 15) is 0 Å². The summed E-state index contributed by atoms with van der Waals surface area (Å²) in [6.07, 6.45) is 0. The van der Waals surface area contributed by atoms with E-state index in [0.29, 0.717) is 5.69 Å². The first-order valence-corrected chi connectivity index (χ1v) is 2.84. The molecule has 0 aliphatic heterocycles. The highest BCUT2D eigenvalue weighted by molar-refractivity contribution is 5.46. The maximum absolute atomic E-state index is 8.40. The maximum atomic E-state index is 8.40. The van der Waals surface area contributed by atoms with Crippen molar-refractivity contribution in [1.29, 1.82) is 10.5 Å². The van der Waals surface area contributed by atoms with Crippen LogP contribution in [0.5, 0.6) is 0 Å². The van der Waals surface area contributed by atoms with Crippen molar-refractivity contribution >= 4 is 5.69 Å². The van der Waals surface area contributed by atoms with Crippen LogP contribution in [0, 0.1) is 22.7 Å². The highest BCUT2D eigenvalue weighted by Crippen LogP contribution is 2.05. The van der Waals surface area contributed by atoms with Crippen LogP contribution in [0.3, 0.4) is 0 Å². The van der Waals surface area contributed by atoms with E-state index in [0.717, 1.165) is 0 Å². The molecule has 0 atom stereocenters. The molecule has 0 aromatic carbocycles. The molecule has 0 aliphatic carbocycles. The van der Waals surface area contributed by atoms with Crippen LogP contribution in [-0.4, -0.2) is 4.98 Å². The molecule has 0 amide bonds. The average Bonchev–Trinajstić information content (AvgIpc) is 2.03. The van der Waals surface area contributed by atoms with Crippen LogP contribution in [0.15, 0.2) is 12.1 Å². The Kier molecular flexibility index (Phi) is 1.71. The lowest BCUT2D eigenvalue weighted by molar-refractivity contribution is 1.22. The molecule has 52 valence electrons. The molecule has 0 aliphatic rings. The van der Waals surface area contributed by atoms with Crippen LogP contribution >= 0.6 is 0 Å².